The Hall–Kier alpha value is -0.610. The second-order valence-electron chi connectivity index (χ2n) is 5.60. The monoisotopic (exact) mass is 230 g/mol. The van der Waals surface area contributed by atoms with Crippen LogP contribution in [0.1, 0.15) is 27.7 Å². The number of hydrogen-bond acceptors (Lipinski definition) is 4. The first-order chi connectivity index (χ1) is 7.20. The summed E-state index contributed by atoms with van der Waals surface area (Å²) in [6.07, 6.45) is -0.670. The third-order valence-electron chi connectivity index (χ3n) is 3.94. The van der Waals surface area contributed by atoms with Gasteiger partial charge < -0.3 is 14.6 Å². The van der Waals surface area contributed by atoms with Gasteiger partial charge in [-0.1, -0.05) is 13.8 Å². The molecule has 0 bridgehead atoms. The van der Waals surface area contributed by atoms with Crippen molar-refractivity contribution in [1.29, 1.82) is 0 Å². The van der Waals surface area contributed by atoms with Crippen LogP contribution in [0.25, 0.3) is 0 Å². The van der Waals surface area contributed by atoms with Crippen molar-refractivity contribution in [2.24, 2.45) is 17.3 Å². The molecule has 3 unspecified atom stereocenters. The van der Waals surface area contributed by atoms with Crippen LogP contribution in [0, 0.1) is 17.3 Å². The molecule has 94 valence electrons. The standard InChI is InChI=1S/C12H22O4/c1-11(2)7(8(11)10(14)15-5)9(13)12(3,4)16-6/h7-9,13H,1-6H3. The fraction of sp³-hybridized carbons (Fsp3) is 0.917. The fourth-order valence-electron chi connectivity index (χ4n) is 2.40. The minimum Gasteiger partial charge on any atom is -0.469 e. The number of ether oxygens (including phenoxy) is 2. The molecule has 0 saturated heterocycles. The van der Waals surface area contributed by atoms with Gasteiger partial charge in [-0.05, 0) is 19.3 Å². The molecule has 0 amide bonds. The lowest BCUT2D eigenvalue weighted by Crippen LogP contribution is -2.41. The molecule has 0 spiro atoms. The van der Waals surface area contributed by atoms with Crippen molar-refractivity contribution in [3.05, 3.63) is 0 Å². The van der Waals surface area contributed by atoms with Crippen LogP contribution in [-0.4, -0.2) is 37.0 Å². The van der Waals surface area contributed by atoms with E-state index in [4.69, 9.17) is 9.47 Å². The highest BCUT2D eigenvalue weighted by Crippen LogP contribution is 2.61. The minimum atomic E-state index is -0.670. The molecule has 16 heavy (non-hydrogen) atoms. The number of methoxy groups -OCH3 is 2. The Morgan fingerprint density at radius 1 is 1.38 bits per heavy atom. The maximum atomic E-state index is 11.5. The molecular formula is C12H22O4. The van der Waals surface area contributed by atoms with Gasteiger partial charge in [-0.15, -0.1) is 0 Å². The average molecular weight is 230 g/mol. The Morgan fingerprint density at radius 3 is 2.25 bits per heavy atom. The summed E-state index contributed by atoms with van der Waals surface area (Å²) in [4.78, 5) is 11.5. The Labute approximate surface area is 96.9 Å². The molecule has 1 aliphatic rings. The van der Waals surface area contributed by atoms with E-state index >= 15 is 0 Å². The van der Waals surface area contributed by atoms with Gasteiger partial charge in [0, 0.05) is 13.0 Å². The SMILES string of the molecule is COC(=O)C1C(C(O)C(C)(C)OC)C1(C)C. The van der Waals surface area contributed by atoms with E-state index in [1.165, 1.54) is 7.11 Å². The van der Waals surface area contributed by atoms with Crippen LogP contribution in [0.4, 0.5) is 0 Å². The molecular weight excluding hydrogens is 208 g/mol. The van der Waals surface area contributed by atoms with Crippen LogP contribution >= 0.6 is 0 Å². The summed E-state index contributed by atoms with van der Waals surface area (Å²) in [5.74, 6) is -0.585. The second kappa shape index (κ2) is 4.00. The maximum absolute atomic E-state index is 11.5. The molecule has 0 aromatic heterocycles. The lowest BCUT2D eigenvalue weighted by atomic mass is 9.93. The molecule has 4 heteroatoms. The number of aliphatic hydroxyl groups is 1. The van der Waals surface area contributed by atoms with Crippen molar-refractivity contribution in [2.45, 2.75) is 39.4 Å². The van der Waals surface area contributed by atoms with E-state index in [0.717, 1.165) is 0 Å². The lowest BCUT2D eigenvalue weighted by molar-refractivity contribution is -0.144. The topological polar surface area (TPSA) is 55.8 Å². The first-order valence-corrected chi connectivity index (χ1v) is 5.51. The number of rotatable bonds is 4. The van der Waals surface area contributed by atoms with E-state index in [0.29, 0.717) is 0 Å². The summed E-state index contributed by atoms with van der Waals surface area (Å²) in [6, 6.07) is 0. The predicted octanol–water partition coefficient (Wildman–Crippen LogP) is 1.22. The van der Waals surface area contributed by atoms with Gasteiger partial charge in [0.2, 0.25) is 0 Å². The van der Waals surface area contributed by atoms with Crippen LogP contribution in [0.2, 0.25) is 0 Å². The quantitative estimate of drug-likeness (QED) is 0.738. The summed E-state index contributed by atoms with van der Waals surface area (Å²) in [5.41, 5.74) is -0.868. The molecule has 0 aromatic rings. The van der Waals surface area contributed by atoms with Crippen molar-refractivity contribution in [1.82, 2.24) is 0 Å². The highest BCUT2D eigenvalue weighted by atomic mass is 16.5. The molecule has 4 nitrogen and oxygen atoms in total. The normalized spacial score (nSPS) is 29.7. The number of carbonyl (C=O) groups excluding carboxylic acids is 1. The van der Waals surface area contributed by atoms with Gasteiger partial charge >= 0.3 is 5.97 Å². The highest BCUT2D eigenvalue weighted by molar-refractivity contribution is 5.77. The molecule has 3 atom stereocenters. The van der Waals surface area contributed by atoms with Crippen LogP contribution in [-0.2, 0) is 14.3 Å². The smallest absolute Gasteiger partial charge is 0.309 e. The van der Waals surface area contributed by atoms with Gasteiger partial charge in [-0.25, -0.2) is 0 Å². The zero-order valence-electron chi connectivity index (χ0n) is 10.9. The van der Waals surface area contributed by atoms with E-state index in [1.54, 1.807) is 7.11 Å². The summed E-state index contributed by atoms with van der Waals surface area (Å²) in [5, 5.41) is 10.2. The van der Waals surface area contributed by atoms with Crippen LogP contribution in [0.15, 0.2) is 0 Å². The minimum absolute atomic E-state index is 0.102. The fourth-order valence-corrected chi connectivity index (χ4v) is 2.40. The third kappa shape index (κ3) is 1.96. The molecule has 0 aliphatic heterocycles. The van der Waals surface area contributed by atoms with Gasteiger partial charge in [0.1, 0.15) is 0 Å². The van der Waals surface area contributed by atoms with Crippen LogP contribution in [0.5, 0.6) is 0 Å². The third-order valence-corrected chi connectivity index (χ3v) is 3.94. The van der Waals surface area contributed by atoms with E-state index < -0.39 is 11.7 Å². The van der Waals surface area contributed by atoms with Crippen molar-refractivity contribution in [2.75, 3.05) is 14.2 Å². The summed E-state index contributed by atoms with van der Waals surface area (Å²) >= 11 is 0. The zero-order valence-corrected chi connectivity index (χ0v) is 10.9. The lowest BCUT2D eigenvalue weighted by Gasteiger charge is -2.30. The Kier molecular flexibility index (Phi) is 3.37. The van der Waals surface area contributed by atoms with E-state index in [9.17, 15) is 9.90 Å². The van der Waals surface area contributed by atoms with Crippen molar-refractivity contribution in [3.8, 4) is 0 Å². The summed E-state index contributed by atoms with van der Waals surface area (Å²) in [7, 11) is 2.94. The van der Waals surface area contributed by atoms with Crippen LogP contribution in [0.3, 0.4) is 0 Å². The average Bonchev–Trinajstić information content (AvgIpc) is 2.79. The zero-order chi connectivity index (χ0) is 12.7. The molecule has 1 fully saturated rings. The van der Waals surface area contributed by atoms with Gasteiger partial charge in [0.25, 0.3) is 0 Å². The van der Waals surface area contributed by atoms with Crippen molar-refractivity contribution < 1.29 is 19.4 Å². The number of esters is 1. The predicted molar refractivity (Wildman–Crippen MR) is 59.9 cm³/mol. The molecule has 0 heterocycles. The highest BCUT2D eigenvalue weighted by Gasteiger charge is 2.67. The molecule has 0 aromatic carbocycles. The second-order valence-corrected chi connectivity index (χ2v) is 5.60. The summed E-state index contributed by atoms with van der Waals surface area (Å²) in [6.45, 7) is 7.57. The van der Waals surface area contributed by atoms with Crippen molar-refractivity contribution >= 4 is 5.97 Å². The van der Waals surface area contributed by atoms with Crippen LogP contribution < -0.4 is 0 Å². The molecule has 1 saturated carbocycles. The van der Waals surface area contributed by atoms with Gasteiger partial charge in [0.15, 0.2) is 0 Å². The van der Waals surface area contributed by atoms with Gasteiger partial charge in [0.05, 0.1) is 24.7 Å². The van der Waals surface area contributed by atoms with Crippen molar-refractivity contribution in [3.63, 3.8) is 0 Å². The maximum Gasteiger partial charge on any atom is 0.309 e. The summed E-state index contributed by atoms with van der Waals surface area (Å²) < 4.78 is 10.00. The first-order valence-electron chi connectivity index (χ1n) is 5.51. The number of hydrogen-bond donors (Lipinski definition) is 1. The van der Waals surface area contributed by atoms with E-state index in [1.807, 2.05) is 27.7 Å². The Bertz CT molecular complexity index is 283. The largest absolute Gasteiger partial charge is 0.469 e. The van der Waals surface area contributed by atoms with Gasteiger partial charge in [-0.3, -0.25) is 4.79 Å². The number of aliphatic hydroxyl groups excluding tert-OH is 1. The molecule has 0 radical (unpaired) electrons. The molecule has 1 aliphatic carbocycles. The molecule has 1 rings (SSSR count). The van der Waals surface area contributed by atoms with E-state index in [-0.39, 0.29) is 23.2 Å². The Morgan fingerprint density at radius 2 is 1.88 bits per heavy atom. The number of carbonyl (C=O) groups is 1. The first kappa shape index (κ1) is 13.5. The Balaban J connectivity index is 2.81. The van der Waals surface area contributed by atoms with E-state index in [2.05, 4.69) is 0 Å². The molecule has 1 N–H and O–H groups in total. The van der Waals surface area contributed by atoms with Gasteiger partial charge in [-0.2, -0.15) is 0 Å².